The summed E-state index contributed by atoms with van der Waals surface area (Å²) in [5.74, 6) is 0.109. The van der Waals surface area contributed by atoms with Gasteiger partial charge >= 0.3 is 5.97 Å². The zero-order valence-electron chi connectivity index (χ0n) is 12.5. The second kappa shape index (κ2) is 7.67. The number of rotatable bonds is 6. The number of nitrogen functional groups attached to an aromatic ring is 1. The maximum atomic E-state index is 11.4. The lowest BCUT2D eigenvalue weighted by atomic mass is 9.94. The molecule has 0 amide bonds. The number of nitrogens with two attached hydrogens (primary N) is 1. The zero-order valence-corrected chi connectivity index (χ0v) is 12.5. The highest BCUT2D eigenvalue weighted by molar-refractivity contribution is 6.06. The Morgan fingerprint density at radius 1 is 1.38 bits per heavy atom. The van der Waals surface area contributed by atoms with E-state index in [4.69, 9.17) is 10.5 Å². The standard InChI is InChI=1S/C16H23N3O2/c1-2-21-15(20)11-18-19-16(12-7-3-4-8-12)13-9-5-6-10-14(13)17/h5-6,9-10,12,18H,2-4,7-8,11,17H2,1H3/b19-16-. The molecule has 5 heteroatoms. The van der Waals surface area contributed by atoms with Crippen LogP contribution in [0.1, 0.15) is 38.2 Å². The highest BCUT2D eigenvalue weighted by Gasteiger charge is 2.23. The summed E-state index contributed by atoms with van der Waals surface area (Å²) < 4.78 is 4.88. The van der Waals surface area contributed by atoms with E-state index in [1.54, 1.807) is 6.92 Å². The van der Waals surface area contributed by atoms with Crippen molar-refractivity contribution in [3.63, 3.8) is 0 Å². The Kier molecular flexibility index (Phi) is 5.60. The molecule has 114 valence electrons. The van der Waals surface area contributed by atoms with Crippen molar-refractivity contribution in [3.8, 4) is 0 Å². The minimum absolute atomic E-state index is 0.0802. The molecule has 1 aliphatic rings. The summed E-state index contributed by atoms with van der Waals surface area (Å²) in [7, 11) is 0. The summed E-state index contributed by atoms with van der Waals surface area (Å²) in [5, 5.41) is 4.44. The van der Waals surface area contributed by atoms with Crippen molar-refractivity contribution in [1.29, 1.82) is 0 Å². The Balaban J connectivity index is 2.12. The van der Waals surface area contributed by atoms with E-state index >= 15 is 0 Å². The first-order valence-corrected chi connectivity index (χ1v) is 7.53. The summed E-state index contributed by atoms with van der Waals surface area (Å²) >= 11 is 0. The molecule has 0 heterocycles. The molecule has 0 radical (unpaired) electrons. The number of nitrogens with one attached hydrogen (secondary N) is 1. The fraction of sp³-hybridized carbons (Fsp3) is 0.500. The van der Waals surface area contributed by atoms with Gasteiger partial charge in [0.25, 0.3) is 0 Å². The van der Waals surface area contributed by atoms with Gasteiger partial charge in [-0.05, 0) is 25.8 Å². The van der Waals surface area contributed by atoms with Gasteiger partial charge in [0.15, 0.2) is 0 Å². The minimum Gasteiger partial charge on any atom is -0.465 e. The minimum atomic E-state index is -0.298. The Bertz CT molecular complexity index is 508. The number of hydrazone groups is 1. The molecule has 0 aromatic heterocycles. The molecule has 0 unspecified atom stereocenters. The Morgan fingerprint density at radius 2 is 2.10 bits per heavy atom. The van der Waals surface area contributed by atoms with Crippen molar-refractivity contribution in [2.75, 3.05) is 18.9 Å². The van der Waals surface area contributed by atoms with Crippen LogP contribution in [0.15, 0.2) is 29.4 Å². The summed E-state index contributed by atoms with van der Waals surface area (Å²) in [6.07, 6.45) is 4.67. The van der Waals surface area contributed by atoms with Crippen LogP contribution in [-0.4, -0.2) is 24.8 Å². The molecule has 1 saturated carbocycles. The van der Waals surface area contributed by atoms with Gasteiger partial charge in [0, 0.05) is 17.2 Å². The average Bonchev–Trinajstić information content (AvgIpc) is 2.99. The summed E-state index contributed by atoms with van der Waals surface area (Å²) in [5.41, 5.74) is 11.5. The van der Waals surface area contributed by atoms with Gasteiger partial charge < -0.3 is 10.5 Å². The average molecular weight is 289 g/mol. The van der Waals surface area contributed by atoms with E-state index in [1.165, 1.54) is 12.8 Å². The summed E-state index contributed by atoms with van der Waals surface area (Å²) in [4.78, 5) is 11.4. The molecular formula is C16H23N3O2. The number of para-hydroxylation sites is 1. The first-order chi connectivity index (χ1) is 10.2. The van der Waals surface area contributed by atoms with Gasteiger partial charge in [0.1, 0.15) is 6.54 Å². The van der Waals surface area contributed by atoms with Crippen LogP contribution in [-0.2, 0) is 9.53 Å². The molecule has 0 atom stereocenters. The molecule has 1 aromatic carbocycles. The molecule has 0 bridgehead atoms. The quantitative estimate of drug-likeness (QED) is 0.365. The molecule has 2 rings (SSSR count). The van der Waals surface area contributed by atoms with Crippen LogP contribution in [0.2, 0.25) is 0 Å². The van der Waals surface area contributed by atoms with Gasteiger partial charge in [-0.25, -0.2) is 0 Å². The zero-order chi connectivity index (χ0) is 15.1. The summed E-state index contributed by atoms with van der Waals surface area (Å²) in [6, 6.07) is 7.74. The van der Waals surface area contributed by atoms with Crippen LogP contribution < -0.4 is 11.2 Å². The summed E-state index contributed by atoms with van der Waals surface area (Å²) in [6.45, 7) is 2.25. The van der Waals surface area contributed by atoms with Crippen molar-refractivity contribution >= 4 is 17.4 Å². The molecular weight excluding hydrogens is 266 g/mol. The maximum absolute atomic E-state index is 11.4. The highest BCUT2D eigenvalue weighted by Crippen LogP contribution is 2.30. The van der Waals surface area contributed by atoms with Crippen molar-refractivity contribution in [1.82, 2.24) is 5.43 Å². The number of anilines is 1. The van der Waals surface area contributed by atoms with Gasteiger partial charge in [-0.1, -0.05) is 31.0 Å². The van der Waals surface area contributed by atoms with E-state index < -0.39 is 0 Å². The number of benzene rings is 1. The van der Waals surface area contributed by atoms with E-state index in [0.717, 1.165) is 29.8 Å². The molecule has 3 N–H and O–H groups in total. The highest BCUT2D eigenvalue weighted by atomic mass is 16.5. The fourth-order valence-corrected chi connectivity index (χ4v) is 2.70. The topological polar surface area (TPSA) is 76.7 Å². The Morgan fingerprint density at radius 3 is 2.76 bits per heavy atom. The number of ether oxygens (including phenoxy) is 1. The third kappa shape index (κ3) is 4.21. The van der Waals surface area contributed by atoms with Gasteiger partial charge in [0.05, 0.1) is 12.3 Å². The van der Waals surface area contributed by atoms with Crippen LogP contribution in [0, 0.1) is 5.92 Å². The first-order valence-electron chi connectivity index (χ1n) is 7.53. The number of hydrogen-bond donors (Lipinski definition) is 2. The second-order valence-electron chi connectivity index (χ2n) is 5.21. The van der Waals surface area contributed by atoms with Gasteiger partial charge in [-0.2, -0.15) is 5.10 Å². The van der Waals surface area contributed by atoms with Crippen LogP contribution in [0.4, 0.5) is 5.69 Å². The van der Waals surface area contributed by atoms with E-state index in [0.29, 0.717) is 12.5 Å². The normalized spacial score (nSPS) is 16.0. The molecule has 1 fully saturated rings. The molecule has 0 spiro atoms. The van der Waals surface area contributed by atoms with Crippen molar-refractivity contribution < 1.29 is 9.53 Å². The van der Waals surface area contributed by atoms with Crippen molar-refractivity contribution in [2.24, 2.45) is 11.0 Å². The lowest BCUT2D eigenvalue weighted by molar-refractivity contribution is -0.141. The molecule has 5 nitrogen and oxygen atoms in total. The van der Waals surface area contributed by atoms with Gasteiger partial charge in [-0.3, -0.25) is 10.2 Å². The van der Waals surface area contributed by atoms with Crippen molar-refractivity contribution in [2.45, 2.75) is 32.6 Å². The Labute approximate surface area is 125 Å². The lowest BCUT2D eigenvalue weighted by Gasteiger charge is -2.15. The molecule has 1 aromatic rings. The van der Waals surface area contributed by atoms with Gasteiger partial charge in [-0.15, -0.1) is 0 Å². The third-order valence-electron chi connectivity index (χ3n) is 3.71. The van der Waals surface area contributed by atoms with E-state index in [-0.39, 0.29) is 12.5 Å². The molecule has 0 aliphatic heterocycles. The second-order valence-corrected chi connectivity index (χ2v) is 5.21. The smallest absolute Gasteiger partial charge is 0.327 e. The molecule has 21 heavy (non-hydrogen) atoms. The predicted molar refractivity (Wildman–Crippen MR) is 84.0 cm³/mol. The Hall–Kier alpha value is -2.04. The number of carbonyl (C=O) groups is 1. The van der Waals surface area contributed by atoms with E-state index in [9.17, 15) is 4.79 Å². The number of nitrogens with zero attached hydrogens (tertiary/aromatic N) is 1. The fourth-order valence-electron chi connectivity index (χ4n) is 2.70. The number of esters is 1. The lowest BCUT2D eigenvalue weighted by Crippen LogP contribution is -2.24. The maximum Gasteiger partial charge on any atom is 0.327 e. The van der Waals surface area contributed by atoms with Crippen molar-refractivity contribution in [3.05, 3.63) is 29.8 Å². The SMILES string of the molecule is CCOC(=O)CN/N=C(\c1ccccc1N)C1CCCC1. The van der Waals surface area contributed by atoms with Gasteiger partial charge in [0.2, 0.25) is 0 Å². The largest absolute Gasteiger partial charge is 0.465 e. The third-order valence-corrected chi connectivity index (χ3v) is 3.71. The van der Waals surface area contributed by atoms with Crippen LogP contribution in [0.25, 0.3) is 0 Å². The monoisotopic (exact) mass is 289 g/mol. The predicted octanol–water partition coefficient (Wildman–Crippen LogP) is 2.32. The van der Waals surface area contributed by atoms with E-state index in [1.807, 2.05) is 24.3 Å². The first kappa shape index (κ1) is 15.4. The number of carbonyl (C=O) groups excluding carboxylic acids is 1. The molecule has 0 saturated heterocycles. The number of hydrogen-bond acceptors (Lipinski definition) is 5. The van der Waals surface area contributed by atoms with Crippen LogP contribution in [0.3, 0.4) is 0 Å². The molecule has 1 aliphatic carbocycles. The van der Waals surface area contributed by atoms with E-state index in [2.05, 4.69) is 10.5 Å². The van der Waals surface area contributed by atoms with Crippen LogP contribution >= 0.6 is 0 Å². The van der Waals surface area contributed by atoms with Crippen LogP contribution in [0.5, 0.6) is 0 Å².